The highest BCUT2D eigenvalue weighted by molar-refractivity contribution is 9.10. The van der Waals surface area contributed by atoms with Crippen LogP contribution >= 0.6 is 27.7 Å². The molecule has 0 aliphatic carbocycles. The van der Waals surface area contributed by atoms with E-state index in [0.717, 1.165) is 30.0 Å². The van der Waals surface area contributed by atoms with Crippen molar-refractivity contribution in [2.24, 2.45) is 0 Å². The summed E-state index contributed by atoms with van der Waals surface area (Å²) in [6.07, 6.45) is 1.38. The molecule has 1 aromatic carbocycles. The van der Waals surface area contributed by atoms with E-state index in [1.807, 2.05) is 6.92 Å². The first-order valence-corrected chi connectivity index (χ1v) is 7.10. The van der Waals surface area contributed by atoms with Crippen molar-refractivity contribution >= 4 is 33.5 Å². The van der Waals surface area contributed by atoms with E-state index >= 15 is 0 Å². The average Bonchev–Trinajstić information content (AvgIpc) is 2.39. The topological polar surface area (TPSA) is 37.8 Å². The van der Waals surface area contributed by atoms with Crippen LogP contribution in [0.25, 0.3) is 0 Å². The van der Waals surface area contributed by atoms with Crippen LogP contribution in [-0.4, -0.2) is 16.5 Å². The number of nitrogens with one attached hydrogen (secondary N) is 1. The van der Waals surface area contributed by atoms with Gasteiger partial charge in [-0.15, -0.1) is 0 Å². The number of nitrogens with zero attached hydrogens (tertiary/aromatic N) is 2. The lowest BCUT2D eigenvalue weighted by molar-refractivity contribution is 0.577. The second-order valence-electron chi connectivity index (χ2n) is 3.55. The smallest absolute Gasteiger partial charge is 0.144 e. The second kappa shape index (κ2) is 6.29. The van der Waals surface area contributed by atoms with E-state index in [1.165, 1.54) is 6.33 Å². The second-order valence-corrected chi connectivity index (χ2v) is 5.37. The van der Waals surface area contributed by atoms with Gasteiger partial charge in [0.25, 0.3) is 0 Å². The van der Waals surface area contributed by atoms with Gasteiger partial charge < -0.3 is 5.32 Å². The molecule has 0 amide bonds. The molecule has 2 rings (SSSR count). The summed E-state index contributed by atoms with van der Waals surface area (Å²) < 4.78 is 27.3. The molecule has 2 aromatic rings. The Bertz CT molecular complexity index is 595. The molecule has 0 saturated carbocycles. The average molecular weight is 346 g/mol. The quantitative estimate of drug-likeness (QED) is 0.846. The van der Waals surface area contributed by atoms with E-state index in [1.54, 1.807) is 0 Å². The van der Waals surface area contributed by atoms with Crippen LogP contribution in [0.3, 0.4) is 0 Å². The van der Waals surface area contributed by atoms with Crippen molar-refractivity contribution in [1.29, 1.82) is 0 Å². The maximum Gasteiger partial charge on any atom is 0.144 e. The van der Waals surface area contributed by atoms with Crippen molar-refractivity contribution < 1.29 is 8.78 Å². The molecule has 0 saturated heterocycles. The molecule has 7 heteroatoms. The Balaban J connectivity index is 2.33. The molecular formula is C12H10BrF2N3S. The molecule has 3 nitrogen and oxygen atoms in total. The van der Waals surface area contributed by atoms with Crippen molar-refractivity contribution in [3.8, 4) is 0 Å². The maximum absolute atomic E-state index is 13.6. The van der Waals surface area contributed by atoms with Crippen molar-refractivity contribution in [1.82, 2.24) is 9.97 Å². The highest BCUT2D eigenvalue weighted by Gasteiger charge is 2.12. The van der Waals surface area contributed by atoms with Crippen molar-refractivity contribution in [3.63, 3.8) is 0 Å². The Morgan fingerprint density at radius 3 is 2.84 bits per heavy atom. The zero-order valence-corrected chi connectivity index (χ0v) is 12.4. The van der Waals surface area contributed by atoms with Crippen molar-refractivity contribution in [3.05, 3.63) is 40.6 Å². The Morgan fingerprint density at radius 2 is 2.11 bits per heavy atom. The Labute approximate surface area is 122 Å². The Hall–Kier alpha value is -1.21. The number of hydrogen-bond donors (Lipinski definition) is 1. The van der Waals surface area contributed by atoms with E-state index in [9.17, 15) is 8.78 Å². The highest BCUT2D eigenvalue weighted by Crippen LogP contribution is 2.36. The summed E-state index contributed by atoms with van der Waals surface area (Å²) in [5, 5.41) is 3.57. The number of hydrogen-bond acceptors (Lipinski definition) is 4. The fourth-order valence-electron chi connectivity index (χ4n) is 1.38. The lowest BCUT2D eigenvalue weighted by atomic mass is 10.3. The lowest BCUT2D eigenvalue weighted by Gasteiger charge is -2.08. The molecule has 0 aliphatic heterocycles. The van der Waals surface area contributed by atoms with Crippen LogP contribution in [-0.2, 0) is 0 Å². The van der Waals surface area contributed by atoms with Gasteiger partial charge >= 0.3 is 0 Å². The minimum absolute atomic E-state index is 0.182. The van der Waals surface area contributed by atoms with E-state index in [0.29, 0.717) is 21.9 Å². The van der Waals surface area contributed by atoms with Crippen molar-refractivity contribution in [2.45, 2.75) is 16.8 Å². The zero-order chi connectivity index (χ0) is 13.8. The van der Waals surface area contributed by atoms with Gasteiger partial charge in [-0.2, -0.15) is 0 Å². The molecular weight excluding hydrogens is 336 g/mol. The van der Waals surface area contributed by atoms with E-state index < -0.39 is 11.6 Å². The van der Waals surface area contributed by atoms with Crippen LogP contribution in [0.1, 0.15) is 6.92 Å². The molecule has 1 heterocycles. The largest absolute Gasteiger partial charge is 0.369 e. The standard InChI is InChI=1S/C12H10BrF2N3S/c1-2-16-11-10(13)12(18-6-17-11)19-9-5-7(14)3-4-8(9)15/h3-6H,2H2,1H3,(H,16,17,18). The summed E-state index contributed by atoms with van der Waals surface area (Å²) >= 11 is 4.40. The molecule has 0 spiro atoms. The number of rotatable bonds is 4. The Morgan fingerprint density at radius 1 is 1.32 bits per heavy atom. The number of benzene rings is 1. The fraction of sp³-hybridized carbons (Fsp3) is 0.167. The molecule has 19 heavy (non-hydrogen) atoms. The van der Waals surface area contributed by atoms with Crippen LogP contribution < -0.4 is 5.32 Å². The monoisotopic (exact) mass is 345 g/mol. The number of halogens is 3. The third kappa shape index (κ3) is 3.42. The maximum atomic E-state index is 13.6. The zero-order valence-electron chi connectivity index (χ0n) is 9.95. The summed E-state index contributed by atoms with van der Waals surface area (Å²) in [5.41, 5.74) is 0. The molecule has 0 radical (unpaired) electrons. The van der Waals surface area contributed by atoms with Gasteiger partial charge in [0.05, 0.1) is 9.37 Å². The summed E-state index contributed by atoms with van der Waals surface area (Å²) in [4.78, 5) is 8.31. The highest BCUT2D eigenvalue weighted by atomic mass is 79.9. The molecule has 100 valence electrons. The summed E-state index contributed by atoms with van der Waals surface area (Å²) in [6, 6.07) is 3.32. The molecule has 0 atom stereocenters. The first-order valence-electron chi connectivity index (χ1n) is 5.49. The predicted octanol–water partition coefficient (Wildman–Crippen LogP) is 4.10. The van der Waals surface area contributed by atoms with E-state index in [-0.39, 0.29) is 4.90 Å². The lowest BCUT2D eigenvalue weighted by Crippen LogP contribution is -2.01. The molecule has 1 aromatic heterocycles. The van der Waals surface area contributed by atoms with Gasteiger partial charge in [-0.1, -0.05) is 11.8 Å². The predicted molar refractivity (Wildman–Crippen MR) is 74.4 cm³/mol. The molecule has 0 aliphatic rings. The van der Waals surface area contributed by atoms with Crippen LogP contribution in [0.15, 0.2) is 38.9 Å². The first kappa shape index (κ1) is 14.2. The van der Waals surface area contributed by atoms with Gasteiger partial charge in [0.1, 0.15) is 28.8 Å². The minimum atomic E-state index is -0.485. The fourth-order valence-corrected chi connectivity index (χ4v) is 2.79. The molecule has 0 bridgehead atoms. The minimum Gasteiger partial charge on any atom is -0.369 e. The third-order valence-electron chi connectivity index (χ3n) is 2.20. The van der Waals surface area contributed by atoms with Gasteiger partial charge in [-0.25, -0.2) is 18.7 Å². The number of aromatic nitrogens is 2. The van der Waals surface area contributed by atoms with Gasteiger partial charge in [-0.05, 0) is 41.1 Å². The van der Waals surface area contributed by atoms with E-state index in [2.05, 4.69) is 31.2 Å². The van der Waals surface area contributed by atoms with Gasteiger partial charge in [0.15, 0.2) is 0 Å². The van der Waals surface area contributed by atoms with Gasteiger partial charge in [0, 0.05) is 6.54 Å². The summed E-state index contributed by atoms with van der Waals surface area (Å²) in [7, 11) is 0. The van der Waals surface area contributed by atoms with Gasteiger partial charge in [-0.3, -0.25) is 0 Å². The number of anilines is 1. The third-order valence-corrected chi connectivity index (χ3v) is 4.25. The van der Waals surface area contributed by atoms with Gasteiger partial charge in [0.2, 0.25) is 0 Å². The summed E-state index contributed by atoms with van der Waals surface area (Å²) in [6.45, 7) is 2.64. The van der Waals surface area contributed by atoms with E-state index in [4.69, 9.17) is 0 Å². The van der Waals surface area contributed by atoms with Crippen LogP contribution in [0.4, 0.5) is 14.6 Å². The Kier molecular flexibility index (Phi) is 4.71. The van der Waals surface area contributed by atoms with Crippen LogP contribution in [0, 0.1) is 11.6 Å². The molecule has 0 fully saturated rings. The normalized spacial score (nSPS) is 10.5. The first-order chi connectivity index (χ1) is 9.11. The van der Waals surface area contributed by atoms with Crippen molar-refractivity contribution in [2.75, 3.05) is 11.9 Å². The SMILES string of the molecule is CCNc1ncnc(Sc2cc(F)ccc2F)c1Br. The van der Waals surface area contributed by atoms with Crippen LogP contribution in [0.2, 0.25) is 0 Å². The molecule has 0 unspecified atom stereocenters. The summed E-state index contributed by atoms with van der Waals surface area (Å²) in [5.74, 6) is -0.347. The molecule has 1 N–H and O–H groups in total. The van der Waals surface area contributed by atoms with Crippen LogP contribution in [0.5, 0.6) is 0 Å².